The number of carbonyl (C=O) groups is 1. The first-order chi connectivity index (χ1) is 8.47. The lowest BCUT2D eigenvalue weighted by molar-refractivity contribution is -0.138. The minimum Gasteiger partial charge on any atom is -0.493 e. The summed E-state index contributed by atoms with van der Waals surface area (Å²) in [6, 6.07) is 1.71. The second kappa shape index (κ2) is 6.06. The monoisotopic (exact) mass is 317 g/mol. The minimum atomic E-state index is -0.959. The van der Waals surface area contributed by atoms with Crippen LogP contribution in [0.25, 0.3) is 0 Å². The van der Waals surface area contributed by atoms with E-state index in [0.717, 1.165) is 5.56 Å². The fourth-order valence-electron chi connectivity index (χ4n) is 1.88. The van der Waals surface area contributed by atoms with Gasteiger partial charge >= 0.3 is 5.97 Å². The number of halogens is 1. The van der Waals surface area contributed by atoms with E-state index in [1.807, 2.05) is 0 Å². The molecule has 0 aromatic heterocycles. The van der Waals surface area contributed by atoms with Gasteiger partial charge in [0.1, 0.15) is 0 Å². The van der Waals surface area contributed by atoms with Crippen LogP contribution in [0.5, 0.6) is 11.5 Å². The Balaban J connectivity index is 3.47. The van der Waals surface area contributed by atoms with Gasteiger partial charge in [0.05, 0.1) is 24.6 Å². The summed E-state index contributed by atoms with van der Waals surface area (Å²) in [5.74, 6) is -0.665. The SMILES string of the molecule is COc1c(Br)cc(C(CN)C(=O)O)c(C)c1OC. The number of nitrogens with two attached hydrogens (primary N) is 1. The van der Waals surface area contributed by atoms with Crippen LogP contribution < -0.4 is 15.2 Å². The van der Waals surface area contributed by atoms with Crippen LogP contribution in [0, 0.1) is 6.92 Å². The highest BCUT2D eigenvalue weighted by molar-refractivity contribution is 9.10. The molecule has 1 atom stereocenters. The van der Waals surface area contributed by atoms with Crippen molar-refractivity contribution >= 4 is 21.9 Å². The van der Waals surface area contributed by atoms with E-state index in [-0.39, 0.29) is 6.54 Å². The number of ether oxygens (including phenoxy) is 2. The molecule has 18 heavy (non-hydrogen) atoms. The second-order valence-electron chi connectivity index (χ2n) is 3.77. The summed E-state index contributed by atoms with van der Waals surface area (Å²) < 4.78 is 11.1. The zero-order valence-corrected chi connectivity index (χ0v) is 12.1. The van der Waals surface area contributed by atoms with Gasteiger partial charge in [0.15, 0.2) is 11.5 Å². The molecule has 0 aliphatic heterocycles. The molecule has 0 saturated heterocycles. The molecular formula is C12H16BrNO4. The second-order valence-corrected chi connectivity index (χ2v) is 4.62. The fraction of sp³-hybridized carbons (Fsp3) is 0.417. The van der Waals surface area contributed by atoms with Crippen LogP contribution in [0.1, 0.15) is 17.0 Å². The van der Waals surface area contributed by atoms with Crippen LogP contribution in [-0.4, -0.2) is 31.8 Å². The third kappa shape index (κ3) is 2.59. The summed E-state index contributed by atoms with van der Waals surface area (Å²) in [7, 11) is 3.04. The molecule has 0 spiro atoms. The summed E-state index contributed by atoms with van der Waals surface area (Å²) in [5, 5.41) is 9.16. The summed E-state index contributed by atoms with van der Waals surface area (Å²) in [4.78, 5) is 11.2. The molecule has 1 aromatic carbocycles. The molecule has 1 unspecified atom stereocenters. The Labute approximate surface area is 114 Å². The molecule has 0 radical (unpaired) electrons. The Bertz CT molecular complexity index is 462. The lowest BCUT2D eigenvalue weighted by Crippen LogP contribution is -2.22. The van der Waals surface area contributed by atoms with E-state index in [4.69, 9.17) is 20.3 Å². The lowest BCUT2D eigenvalue weighted by atomic mass is 9.94. The van der Waals surface area contributed by atoms with E-state index in [2.05, 4.69) is 15.9 Å². The van der Waals surface area contributed by atoms with Crippen LogP contribution in [0.15, 0.2) is 10.5 Å². The first-order valence-corrected chi connectivity index (χ1v) is 6.11. The number of rotatable bonds is 5. The van der Waals surface area contributed by atoms with Crippen LogP contribution in [0.2, 0.25) is 0 Å². The molecule has 5 nitrogen and oxygen atoms in total. The van der Waals surface area contributed by atoms with Crippen molar-refractivity contribution in [1.82, 2.24) is 0 Å². The van der Waals surface area contributed by atoms with Gasteiger partial charge in [0, 0.05) is 6.54 Å². The number of aliphatic carboxylic acids is 1. The van der Waals surface area contributed by atoms with Crippen molar-refractivity contribution in [2.75, 3.05) is 20.8 Å². The Kier molecular flexibility index (Phi) is 4.98. The van der Waals surface area contributed by atoms with Crippen LogP contribution >= 0.6 is 15.9 Å². The highest BCUT2D eigenvalue weighted by Crippen LogP contribution is 2.41. The van der Waals surface area contributed by atoms with Crippen molar-refractivity contribution in [3.63, 3.8) is 0 Å². The molecule has 0 aliphatic rings. The molecule has 0 heterocycles. The highest BCUT2D eigenvalue weighted by Gasteiger charge is 2.25. The molecule has 3 N–H and O–H groups in total. The normalized spacial score (nSPS) is 12.1. The molecule has 100 valence electrons. The molecule has 0 fully saturated rings. The van der Waals surface area contributed by atoms with Gasteiger partial charge in [0.25, 0.3) is 0 Å². The number of methoxy groups -OCH3 is 2. The zero-order valence-electron chi connectivity index (χ0n) is 10.5. The third-order valence-corrected chi connectivity index (χ3v) is 3.39. The quantitative estimate of drug-likeness (QED) is 0.866. The standard InChI is InChI=1S/C12H16BrNO4/c1-6-7(8(5-14)12(15)16)4-9(13)11(18-3)10(6)17-2/h4,8H,5,14H2,1-3H3,(H,15,16). The van der Waals surface area contributed by atoms with Gasteiger partial charge in [-0.3, -0.25) is 4.79 Å². The average molecular weight is 318 g/mol. The predicted molar refractivity (Wildman–Crippen MR) is 71.4 cm³/mol. The number of carboxylic acids is 1. The van der Waals surface area contributed by atoms with Gasteiger partial charge in [-0.1, -0.05) is 0 Å². The molecule has 0 bridgehead atoms. The Morgan fingerprint density at radius 3 is 2.39 bits per heavy atom. The van der Waals surface area contributed by atoms with Crippen molar-refractivity contribution in [2.45, 2.75) is 12.8 Å². The van der Waals surface area contributed by atoms with E-state index < -0.39 is 11.9 Å². The zero-order chi connectivity index (χ0) is 13.9. The van der Waals surface area contributed by atoms with Gasteiger partial charge in [-0.05, 0) is 40.0 Å². The van der Waals surface area contributed by atoms with Gasteiger partial charge in [0.2, 0.25) is 0 Å². The molecule has 1 aromatic rings. The highest BCUT2D eigenvalue weighted by atomic mass is 79.9. The number of hydrogen-bond acceptors (Lipinski definition) is 4. The van der Waals surface area contributed by atoms with Gasteiger partial charge < -0.3 is 20.3 Å². The van der Waals surface area contributed by atoms with E-state index in [1.54, 1.807) is 13.0 Å². The molecule has 6 heteroatoms. The topological polar surface area (TPSA) is 81.8 Å². The van der Waals surface area contributed by atoms with E-state index in [1.165, 1.54) is 14.2 Å². The maximum Gasteiger partial charge on any atom is 0.312 e. The van der Waals surface area contributed by atoms with E-state index >= 15 is 0 Å². The Hall–Kier alpha value is -1.27. The summed E-state index contributed by atoms with van der Waals surface area (Å²) in [5.41, 5.74) is 6.86. The van der Waals surface area contributed by atoms with Crippen molar-refractivity contribution in [3.05, 3.63) is 21.7 Å². The summed E-state index contributed by atoms with van der Waals surface area (Å²) in [6.45, 7) is 1.81. The van der Waals surface area contributed by atoms with Gasteiger partial charge in [-0.2, -0.15) is 0 Å². The largest absolute Gasteiger partial charge is 0.493 e. The predicted octanol–water partition coefficient (Wildman–Crippen LogP) is 1.90. The van der Waals surface area contributed by atoms with Crippen molar-refractivity contribution < 1.29 is 19.4 Å². The minimum absolute atomic E-state index is 0.0259. The first-order valence-electron chi connectivity index (χ1n) is 5.31. The van der Waals surface area contributed by atoms with Crippen LogP contribution in [0.3, 0.4) is 0 Å². The molecule has 0 amide bonds. The molecule has 0 saturated carbocycles. The van der Waals surface area contributed by atoms with Crippen molar-refractivity contribution in [1.29, 1.82) is 0 Å². The van der Waals surface area contributed by atoms with Gasteiger partial charge in [-0.15, -0.1) is 0 Å². The molecule has 0 aliphatic carbocycles. The summed E-state index contributed by atoms with van der Waals surface area (Å²) in [6.07, 6.45) is 0. The maximum absolute atomic E-state index is 11.2. The van der Waals surface area contributed by atoms with Crippen molar-refractivity contribution in [2.24, 2.45) is 5.73 Å². The van der Waals surface area contributed by atoms with Crippen molar-refractivity contribution in [3.8, 4) is 11.5 Å². The first kappa shape index (κ1) is 14.8. The van der Waals surface area contributed by atoms with Crippen LogP contribution in [-0.2, 0) is 4.79 Å². The average Bonchev–Trinajstić information content (AvgIpc) is 2.32. The number of benzene rings is 1. The third-order valence-electron chi connectivity index (χ3n) is 2.80. The smallest absolute Gasteiger partial charge is 0.312 e. The lowest BCUT2D eigenvalue weighted by Gasteiger charge is -2.19. The van der Waals surface area contributed by atoms with Gasteiger partial charge in [-0.25, -0.2) is 0 Å². The fourth-order valence-corrected chi connectivity index (χ4v) is 2.47. The number of hydrogen-bond donors (Lipinski definition) is 2. The molecule has 1 rings (SSSR count). The molecular weight excluding hydrogens is 302 g/mol. The Morgan fingerprint density at radius 1 is 1.44 bits per heavy atom. The van der Waals surface area contributed by atoms with E-state index in [9.17, 15) is 4.79 Å². The maximum atomic E-state index is 11.2. The number of carboxylic acid groups (broad SMARTS) is 1. The van der Waals surface area contributed by atoms with Crippen LogP contribution in [0.4, 0.5) is 0 Å². The summed E-state index contributed by atoms with van der Waals surface area (Å²) >= 11 is 3.34. The Morgan fingerprint density at radius 2 is 2.00 bits per heavy atom. The van der Waals surface area contributed by atoms with E-state index in [0.29, 0.717) is 21.5 Å².